The molecule has 74 heavy (non-hydrogen) atoms. The zero-order valence-corrected chi connectivity index (χ0v) is 46.8. The maximum atomic E-state index is 13.0. The maximum Gasteiger partial charge on any atom is 0.305 e. The van der Waals surface area contributed by atoms with Gasteiger partial charge in [-0.1, -0.05) is 201 Å². The van der Waals surface area contributed by atoms with E-state index in [1.807, 2.05) is 19.1 Å². The van der Waals surface area contributed by atoms with Crippen molar-refractivity contribution in [2.75, 3.05) is 19.8 Å². The summed E-state index contributed by atoms with van der Waals surface area (Å²) in [5.41, 5.74) is 0. The lowest BCUT2D eigenvalue weighted by Gasteiger charge is -2.40. The minimum atomic E-state index is -1.58. The number of amides is 1. The van der Waals surface area contributed by atoms with Gasteiger partial charge in [-0.15, -0.1) is 0 Å². The number of hydrogen-bond acceptors (Lipinski definition) is 10. The van der Waals surface area contributed by atoms with E-state index < -0.39 is 49.5 Å². The lowest BCUT2D eigenvalue weighted by molar-refractivity contribution is -0.302. The fourth-order valence-corrected chi connectivity index (χ4v) is 8.75. The van der Waals surface area contributed by atoms with Crippen LogP contribution >= 0.6 is 0 Å². The molecule has 426 valence electrons. The first kappa shape index (κ1) is 68.9. The van der Waals surface area contributed by atoms with Crippen molar-refractivity contribution in [2.45, 2.75) is 281 Å². The average molecular weight is 1040 g/mol. The Hall–Kier alpha value is -3.16. The molecule has 7 atom stereocenters. The van der Waals surface area contributed by atoms with Gasteiger partial charge in [0, 0.05) is 12.8 Å². The highest BCUT2D eigenvalue weighted by molar-refractivity contribution is 5.76. The van der Waals surface area contributed by atoms with Gasteiger partial charge in [0.2, 0.25) is 5.91 Å². The van der Waals surface area contributed by atoms with E-state index in [2.05, 4.69) is 79.1 Å². The summed E-state index contributed by atoms with van der Waals surface area (Å²) in [6.07, 6.45) is 60.0. The van der Waals surface area contributed by atoms with Crippen LogP contribution in [-0.4, -0.2) is 100 Å². The second-order valence-electron chi connectivity index (χ2n) is 20.3. The molecule has 11 heteroatoms. The van der Waals surface area contributed by atoms with Gasteiger partial charge in [0.1, 0.15) is 24.4 Å². The van der Waals surface area contributed by atoms with E-state index in [4.69, 9.17) is 14.2 Å². The Morgan fingerprint density at radius 1 is 0.527 bits per heavy atom. The number of nitrogens with one attached hydrogen (secondary N) is 1. The van der Waals surface area contributed by atoms with Crippen LogP contribution in [0.15, 0.2) is 85.1 Å². The number of aliphatic hydroxyl groups is 5. The maximum absolute atomic E-state index is 13.0. The number of rotatable bonds is 50. The third kappa shape index (κ3) is 41.1. The molecule has 0 saturated carbocycles. The van der Waals surface area contributed by atoms with Crippen LogP contribution in [0, 0.1) is 0 Å². The third-order valence-electron chi connectivity index (χ3n) is 13.5. The molecule has 0 radical (unpaired) electrons. The predicted molar refractivity (Wildman–Crippen MR) is 306 cm³/mol. The first-order chi connectivity index (χ1) is 36.2. The molecule has 1 aliphatic heterocycles. The summed E-state index contributed by atoms with van der Waals surface area (Å²) in [7, 11) is 0. The Labute approximate surface area is 451 Å². The number of hydrogen-bond donors (Lipinski definition) is 6. The zero-order chi connectivity index (χ0) is 53.8. The van der Waals surface area contributed by atoms with Gasteiger partial charge in [-0.05, 0) is 110 Å². The highest BCUT2D eigenvalue weighted by Crippen LogP contribution is 2.23. The van der Waals surface area contributed by atoms with Crippen molar-refractivity contribution in [1.82, 2.24) is 5.32 Å². The van der Waals surface area contributed by atoms with Crippen molar-refractivity contribution in [2.24, 2.45) is 0 Å². The molecule has 1 rings (SSSR count). The van der Waals surface area contributed by atoms with Crippen LogP contribution in [0.25, 0.3) is 0 Å². The summed E-state index contributed by atoms with van der Waals surface area (Å²) in [4.78, 5) is 25.0. The molecule has 1 aliphatic rings. The molecule has 1 fully saturated rings. The van der Waals surface area contributed by atoms with Gasteiger partial charge in [0.05, 0.1) is 32.0 Å². The van der Waals surface area contributed by atoms with E-state index in [1.165, 1.54) is 103 Å². The Morgan fingerprint density at radius 2 is 0.973 bits per heavy atom. The first-order valence-corrected chi connectivity index (χ1v) is 29.8. The highest BCUT2D eigenvalue weighted by atomic mass is 16.7. The molecule has 1 heterocycles. The van der Waals surface area contributed by atoms with E-state index in [0.29, 0.717) is 25.9 Å². The first-order valence-electron chi connectivity index (χ1n) is 29.8. The minimum absolute atomic E-state index is 0.0216. The van der Waals surface area contributed by atoms with Crippen LogP contribution in [0.5, 0.6) is 0 Å². The fraction of sp³-hybridized carbons (Fsp3) is 0.746. The topological polar surface area (TPSA) is 175 Å². The molecular formula is C63H109NO10. The zero-order valence-electron chi connectivity index (χ0n) is 46.8. The van der Waals surface area contributed by atoms with Gasteiger partial charge >= 0.3 is 5.97 Å². The fourth-order valence-electron chi connectivity index (χ4n) is 8.75. The van der Waals surface area contributed by atoms with Crippen molar-refractivity contribution in [3.05, 3.63) is 85.1 Å². The molecule has 11 nitrogen and oxygen atoms in total. The van der Waals surface area contributed by atoms with Crippen LogP contribution in [0.4, 0.5) is 0 Å². The molecule has 0 aliphatic carbocycles. The van der Waals surface area contributed by atoms with E-state index in [0.717, 1.165) is 103 Å². The summed E-state index contributed by atoms with van der Waals surface area (Å²) < 4.78 is 16.6. The second kappa shape index (κ2) is 51.9. The quantitative estimate of drug-likeness (QED) is 0.0195. The highest BCUT2D eigenvalue weighted by Gasteiger charge is 2.44. The number of esters is 1. The average Bonchev–Trinajstić information content (AvgIpc) is 3.40. The number of aliphatic hydroxyl groups excluding tert-OH is 5. The number of ether oxygens (including phenoxy) is 3. The number of unbranched alkanes of at least 4 members (excludes halogenated alkanes) is 25. The molecule has 6 N–H and O–H groups in total. The van der Waals surface area contributed by atoms with E-state index >= 15 is 0 Å². The molecule has 1 saturated heterocycles. The van der Waals surface area contributed by atoms with Crippen molar-refractivity contribution in [1.29, 1.82) is 0 Å². The monoisotopic (exact) mass is 1040 g/mol. The third-order valence-corrected chi connectivity index (χ3v) is 13.5. The summed E-state index contributed by atoms with van der Waals surface area (Å²) >= 11 is 0. The Balaban J connectivity index is 2.03. The predicted octanol–water partition coefficient (Wildman–Crippen LogP) is 13.8. The van der Waals surface area contributed by atoms with Crippen LogP contribution in [0.1, 0.15) is 239 Å². The lowest BCUT2D eigenvalue weighted by Crippen LogP contribution is -2.60. The van der Waals surface area contributed by atoms with Crippen molar-refractivity contribution < 1.29 is 49.3 Å². The number of allylic oxidation sites excluding steroid dienone is 13. The molecular weight excluding hydrogens is 931 g/mol. The van der Waals surface area contributed by atoms with Gasteiger partial charge in [0.25, 0.3) is 0 Å². The van der Waals surface area contributed by atoms with Gasteiger partial charge in [-0.2, -0.15) is 0 Å². The molecule has 0 aromatic carbocycles. The molecule has 0 aromatic heterocycles. The van der Waals surface area contributed by atoms with Gasteiger partial charge < -0.3 is 45.1 Å². The Morgan fingerprint density at radius 3 is 1.49 bits per heavy atom. The molecule has 1 amide bonds. The number of carbonyl (C=O) groups is 2. The molecule has 0 bridgehead atoms. The van der Waals surface area contributed by atoms with Crippen molar-refractivity contribution >= 4 is 11.9 Å². The lowest BCUT2D eigenvalue weighted by atomic mass is 9.99. The van der Waals surface area contributed by atoms with Crippen LogP contribution in [0.3, 0.4) is 0 Å². The summed E-state index contributed by atoms with van der Waals surface area (Å²) in [6, 6.07) is -0.843. The van der Waals surface area contributed by atoms with Crippen LogP contribution in [-0.2, 0) is 23.8 Å². The van der Waals surface area contributed by atoms with Gasteiger partial charge in [0.15, 0.2) is 6.29 Å². The van der Waals surface area contributed by atoms with Crippen molar-refractivity contribution in [3.8, 4) is 0 Å². The Kier molecular flexibility index (Phi) is 48.3. The van der Waals surface area contributed by atoms with Crippen LogP contribution in [0.2, 0.25) is 0 Å². The molecule has 0 aromatic rings. The largest absolute Gasteiger partial charge is 0.466 e. The van der Waals surface area contributed by atoms with E-state index in [1.54, 1.807) is 6.08 Å². The molecule has 0 spiro atoms. The Bertz CT molecular complexity index is 1500. The SMILES string of the molecule is C/C=C/CC/C=C/CC/C=C/C(O)C(COC1OC(CO)C(O)C(O)C1O)NC(=O)CCCCCCCCC/C=C\C/C=C\CCCCCCCCCCCOC(=O)CCCCCCC/C=C\C/C=C\CCCC. The smallest absolute Gasteiger partial charge is 0.305 e. The normalized spacial score (nSPS) is 19.5. The summed E-state index contributed by atoms with van der Waals surface area (Å²) in [6.45, 7) is 4.01. The van der Waals surface area contributed by atoms with E-state index in [-0.39, 0.29) is 18.5 Å². The minimum Gasteiger partial charge on any atom is -0.466 e. The van der Waals surface area contributed by atoms with E-state index in [9.17, 15) is 35.1 Å². The number of carbonyl (C=O) groups excluding carboxylic acids is 2. The summed E-state index contributed by atoms with van der Waals surface area (Å²) in [5.74, 6) is -0.234. The van der Waals surface area contributed by atoms with Crippen molar-refractivity contribution in [3.63, 3.8) is 0 Å². The standard InChI is InChI=1S/C63H109NO10/c1-3-5-7-9-11-13-14-15-28-31-35-39-43-47-51-59(68)72-52-48-44-40-36-32-29-26-24-22-20-18-16-17-19-21-23-25-27-30-34-38-42-46-50-58(67)64-55(56(66)49-45-41-37-33-12-10-8-6-4-2)54-73-63-62(71)61(70)60(69)57(53-65)74-63/h4,6,9,11-12,14-16,18-19,21,33,45,49,55-57,60-63,65-66,69-71H,3,5,7-8,10,13,17,20,22-32,34-44,46-48,50-54H2,1-2H3,(H,64,67)/b6-4+,11-9-,15-14-,18-16-,21-19-,33-12+,49-45+. The molecule has 7 unspecified atom stereocenters. The summed E-state index contributed by atoms with van der Waals surface area (Å²) in [5, 5.41) is 54.1. The second-order valence-corrected chi connectivity index (χ2v) is 20.3. The van der Waals surface area contributed by atoms with Gasteiger partial charge in [-0.25, -0.2) is 0 Å². The van der Waals surface area contributed by atoms with Crippen LogP contribution < -0.4 is 5.32 Å². The van der Waals surface area contributed by atoms with Gasteiger partial charge in [-0.3, -0.25) is 9.59 Å².